The number of hydrogen-bond acceptors (Lipinski definition) is 5. The first-order valence-corrected chi connectivity index (χ1v) is 9.86. The van der Waals surface area contributed by atoms with Crippen LogP contribution in [0.25, 0.3) is 0 Å². The Morgan fingerprint density at radius 2 is 2.04 bits per heavy atom. The van der Waals surface area contributed by atoms with Crippen LogP contribution in [-0.2, 0) is 16.7 Å². The zero-order valence-corrected chi connectivity index (χ0v) is 16.4. The van der Waals surface area contributed by atoms with E-state index in [0.29, 0.717) is 25.6 Å². The maximum absolute atomic E-state index is 12.2. The maximum atomic E-state index is 12.2. The number of hydrogen-bond donors (Lipinski definition) is 1. The lowest BCUT2D eigenvalue weighted by atomic mass is 9.92. The van der Waals surface area contributed by atoms with E-state index in [1.807, 2.05) is 6.07 Å². The number of likely N-dealkylation sites (tertiary alicyclic amines) is 1. The number of ether oxygens (including phenoxy) is 1. The summed E-state index contributed by atoms with van der Waals surface area (Å²) in [5.41, 5.74) is 0.184. The number of rotatable bonds is 4. The number of β-amino-alcohol motifs (C(OH)–C–C–N with tert-alkyl or cyclic N) is 1. The van der Waals surface area contributed by atoms with E-state index < -0.39 is 5.60 Å². The summed E-state index contributed by atoms with van der Waals surface area (Å²) in [6.07, 6.45) is 3.83. The summed E-state index contributed by atoms with van der Waals surface area (Å²) in [5, 5.41) is 15.2. The van der Waals surface area contributed by atoms with E-state index >= 15 is 0 Å². The van der Waals surface area contributed by atoms with E-state index in [0.717, 1.165) is 51.1 Å². The first kappa shape index (κ1) is 19.5. The van der Waals surface area contributed by atoms with Gasteiger partial charge in [-0.3, -0.25) is 4.79 Å². The molecular formula is C20H33N3O3. The van der Waals surface area contributed by atoms with Crippen molar-refractivity contribution < 1.29 is 9.84 Å². The van der Waals surface area contributed by atoms with Gasteiger partial charge in [-0.15, -0.1) is 0 Å². The van der Waals surface area contributed by atoms with Crippen LogP contribution >= 0.6 is 0 Å². The molecule has 2 aliphatic heterocycles. The highest BCUT2D eigenvalue weighted by molar-refractivity contribution is 5.10. The van der Waals surface area contributed by atoms with E-state index in [-0.39, 0.29) is 11.0 Å². The van der Waals surface area contributed by atoms with Crippen LogP contribution in [0.15, 0.2) is 16.9 Å². The molecule has 0 saturated carbocycles. The molecule has 0 bridgehead atoms. The quantitative estimate of drug-likeness (QED) is 0.883. The van der Waals surface area contributed by atoms with Crippen LogP contribution in [0, 0.1) is 5.92 Å². The molecule has 0 aliphatic carbocycles. The van der Waals surface area contributed by atoms with Crippen molar-refractivity contribution in [1.29, 1.82) is 0 Å². The van der Waals surface area contributed by atoms with Gasteiger partial charge in [0.15, 0.2) is 0 Å². The minimum atomic E-state index is -0.690. The summed E-state index contributed by atoms with van der Waals surface area (Å²) in [7, 11) is 0. The van der Waals surface area contributed by atoms with Crippen molar-refractivity contribution in [1.82, 2.24) is 14.7 Å². The number of aromatic nitrogens is 2. The highest BCUT2D eigenvalue weighted by Crippen LogP contribution is 2.25. The van der Waals surface area contributed by atoms with E-state index in [1.165, 1.54) is 0 Å². The van der Waals surface area contributed by atoms with Gasteiger partial charge >= 0.3 is 0 Å². The molecule has 2 fully saturated rings. The second-order valence-electron chi connectivity index (χ2n) is 9.09. The van der Waals surface area contributed by atoms with Crippen LogP contribution in [0.3, 0.4) is 0 Å². The Balaban J connectivity index is 1.55. The van der Waals surface area contributed by atoms with Crippen LogP contribution in [0.1, 0.15) is 52.1 Å². The normalized spacial score (nSPS) is 26.2. The van der Waals surface area contributed by atoms with Gasteiger partial charge in [0.2, 0.25) is 0 Å². The summed E-state index contributed by atoms with van der Waals surface area (Å²) in [6, 6.07) is 3.48. The van der Waals surface area contributed by atoms with Gasteiger partial charge in [0.25, 0.3) is 5.56 Å². The Hall–Kier alpha value is -1.24. The number of aliphatic hydroxyl groups is 1. The fraction of sp³-hybridized carbons (Fsp3) is 0.800. The average Bonchev–Trinajstić information content (AvgIpc) is 2.58. The van der Waals surface area contributed by atoms with E-state index in [1.54, 1.807) is 10.7 Å². The topological polar surface area (TPSA) is 67.6 Å². The Labute approximate surface area is 156 Å². The minimum absolute atomic E-state index is 0.0194. The fourth-order valence-corrected chi connectivity index (χ4v) is 3.93. The molecule has 1 atom stereocenters. The third-order valence-corrected chi connectivity index (χ3v) is 5.59. The van der Waals surface area contributed by atoms with Crippen LogP contribution in [-0.4, -0.2) is 58.2 Å². The minimum Gasteiger partial charge on any atom is -0.386 e. The van der Waals surface area contributed by atoms with Crippen molar-refractivity contribution in [3.8, 4) is 0 Å². The predicted octanol–water partition coefficient (Wildman–Crippen LogP) is 1.79. The Kier molecular flexibility index (Phi) is 5.85. The lowest BCUT2D eigenvalue weighted by Crippen LogP contribution is -2.50. The Bertz CT molecular complexity index is 651. The molecule has 6 nitrogen and oxygen atoms in total. The third-order valence-electron chi connectivity index (χ3n) is 5.59. The van der Waals surface area contributed by atoms with Gasteiger partial charge in [0, 0.05) is 31.2 Å². The van der Waals surface area contributed by atoms with Crippen LogP contribution in [0.5, 0.6) is 0 Å². The van der Waals surface area contributed by atoms with E-state index in [9.17, 15) is 9.90 Å². The summed E-state index contributed by atoms with van der Waals surface area (Å²) in [4.78, 5) is 14.5. The van der Waals surface area contributed by atoms with Gasteiger partial charge < -0.3 is 14.7 Å². The first-order chi connectivity index (χ1) is 12.3. The SMILES string of the molecule is CC(C)(C)c1ccc(=O)n(CC2CCN(CC3(O)CCCOC3)CC2)n1. The van der Waals surface area contributed by atoms with E-state index in [2.05, 4.69) is 30.8 Å². The van der Waals surface area contributed by atoms with Gasteiger partial charge in [-0.05, 0) is 50.8 Å². The van der Waals surface area contributed by atoms with Crippen LogP contribution in [0.4, 0.5) is 0 Å². The summed E-state index contributed by atoms with van der Waals surface area (Å²) in [6.45, 7) is 10.8. The highest BCUT2D eigenvalue weighted by Gasteiger charge is 2.33. The van der Waals surface area contributed by atoms with Crippen molar-refractivity contribution in [2.24, 2.45) is 5.92 Å². The highest BCUT2D eigenvalue weighted by atomic mass is 16.5. The van der Waals surface area contributed by atoms with Crippen LogP contribution in [0.2, 0.25) is 0 Å². The molecule has 6 heteroatoms. The second-order valence-corrected chi connectivity index (χ2v) is 9.09. The fourth-order valence-electron chi connectivity index (χ4n) is 3.93. The lowest BCUT2D eigenvalue weighted by Gasteiger charge is -2.39. The molecule has 0 spiro atoms. The standard InChI is InChI=1S/C20H33N3O3/c1-19(2,3)17-5-6-18(24)23(21-17)13-16-7-10-22(11-8-16)14-20(25)9-4-12-26-15-20/h5-6,16,25H,4,7-15H2,1-3H3. The summed E-state index contributed by atoms with van der Waals surface area (Å²) in [5.74, 6) is 0.462. The third kappa shape index (κ3) is 4.93. The van der Waals surface area contributed by atoms with E-state index in [4.69, 9.17) is 4.74 Å². The molecule has 1 aromatic heterocycles. The van der Waals surface area contributed by atoms with Gasteiger partial charge in [-0.1, -0.05) is 20.8 Å². The monoisotopic (exact) mass is 363 g/mol. The molecule has 0 amide bonds. The molecule has 1 unspecified atom stereocenters. The van der Waals surface area contributed by atoms with Gasteiger partial charge in [-0.25, -0.2) is 4.68 Å². The molecule has 0 radical (unpaired) electrons. The van der Waals surface area contributed by atoms with Crippen molar-refractivity contribution in [3.63, 3.8) is 0 Å². The largest absolute Gasteiger partial charge is 0.386 e. The predicted molar refractivity (Wildman–Crippen MR) is 101 cm³/mol. The molecule has 26 heavy (non-hydrogen) atoms. The molecule has 146 valence electrons. The number of piperidine rings is 1. The zero-order chi connectivity index (χ0) is 18.8. The van der Waals surface area contributed by atoms with Gasteiger partial charge in [0.1, 0.15) is 5.60 Å². The molecule has 2 saturated heterocycles. The molecule has 0 aromatic carbocycles. The first-order valence-electron chi connectivity index (χ1n) is 9.86. The molecule has 3 rings (SSSR count). The van der Waals surface area contributed by atoms with Crippen molar-refractivity contribution >= 4 is 0 Å². The Morgan fingerprint density at radius 3 is 2.65 bits per heavy atom. The molecular weight excluding hydrogens is 330 g/mol. The maximum Gasteiger partial charge on any atom is 0.266 e. The van der Waals surface area contributed by atoms with Gasteiger partial charge in [0.05, 0.1) is 12.3 Å². The average molecular weight is 364 g/mol. The number of nitrogens with zero attached hydrogens (tertiary/aromatic N) is 3. The molecule has 3 heterocycles. The summed E-state index contributed by atoms with van der Waals surface area (Å²) < 4.78 is 7.10. The van der Waals surface area contributed by atoms with Crippen LogP contribution < -0.4 is 5.56 Å². The lowest BCUT2D eigenvalue weighted by molar-refractivity contribution is -0.103. The van der Waals surface area contributed by atoms with Crippen molar-refractivity contribution in [3.05, 3.63) is 28.2 Å². The smallest absolute Gasteiger partial charge is 0.266 e. The summed E-state index contributed by atoms with van der Waals surface area (Å²) >= 11 is 0. The van der Waals surface area contributed by atoms with Gasteiger partial charge in [-0.2, -0.15) is 5.10 Å². The van der Waals surface area contributed by atoms with Crippen molar-refractivity contribution in [2.45, 2.75) is 64.0 Å². The zero-order valence-electron chi connectivity index (χ0n) is 16.4. The molecule has 2 aliphatic rings. The molecule has 1 N–H and O–H groups in total. The molecule has 1 aromatic rings. The van der Waals surface area contributed by atoms with Crippen molar-refractivity contribution in [2.75, 3.05) is 32.8 Å². The Morgan fingerprint density at radius 1 is 1.31 bits per heavy atom. The second kappa shape index (κ2) is 7.79.